The molecule has 0 N–H and O–H groups in total. The second kappa shape index (κ2) is 12.7. The molecule has 0 aromatic rings. The molecular weight excluding hydrogens is 384 g/mol. The van der Waals surface area contributed by atoms with E-state index in [0.717, 1.165) is 18.4 Å². The van der Waals surface area contributed by atoms with Crippen LogP contribution in [0.2, 0.25) is 0 Å². The van der Waals surface area contributed by atoms with Crippen molar-refractivity contribution in [1.82, 2.24) is 0 Å². The standard InChI is InChI=1S/C24H38O6/c1-7-9-17(2)23(27)18(3)10-8-14-24(6)22(30-20(5)26)12-11-21(16-29-24)13-15-28-19(4)25/h7,9,13,17-18,22H,8,10-12,14-16H2,1-6H3/t17?,18?,22-,24+/m1/s1. The van der Waals surface area contributed by atoms with Crippen LogP contribution < -0.4 is 0 Å². The van der Waals surface area contributed by atoms with Gasteiger partial charge in [-0.05, 0) is 57.6 Å². The Balaban J connectivity index is 2.75. The molecule has 0 bridgehead atoms. The molecule has 0 aliphatic carbocycles. The lowest BCUT2D eigenvalue weighted by Crippen LogP contribution is -2.43. The number of ether oxygens (including phenoxy) is 3. The Morgan fingerprint density at radius 1 is 1.23 bits per heavy atom. The first-order valence-electron chi connectivity index (χ1n) is 10.9. The highest BCUT2D eigenvalue weighted by atomic mass is 16.6. The second-order valence-corrected chi connectivity index (χ2v) is 8.41. The van der Waals surface area contributed by atoms with Crippen LogP contribution in [0.25, 0.3) is 0 Å². The Kier molecular flexibility index (Phi) is 11.0. The zero-order valence-electron chi connectivity index (χ0n) is 19.4. The lowest BCUT2D eigenvalue weighted by Gasteiger charge is -2.35. The van der Waals surface area contributed by atoms with Crippen LogP contribution in [0.5, 0.6) is 0 Å². The molecule has 0 amide bonds. The van der Waals surface area contributed by atoms with Crippen LogP contribution in [0, 0.1) is 11.8 Å². The average molecular weight is 423 g/mol. The van der Waals surface area contributed by atoms with Gasteiger partial charge < -0.3 is 14.2 Å². The normalized spacial score (nSPS) is 25.5. The topological polar surface area (TPSA) is 78.9 Å². The SMILES string of the molecule is CC=CC(C)C(=O)C(C)CCC[C@]1(C)OCC(=CCOC(C)=O)CC[C@H]1OC(C)=O. The summed E-state index contributed by atoms with van der Waals surface area (Å²) in [6.07, 6.45) is 8.96. The number of carbonyl (C=O) groups is 3. The molecule has 6 heteroatoms. The molecule has 0 saturated carbocycles. The molecule has 6 nitrogen and oxygen atoms in total. The van der Waals surface area contributed by atoms with E-state index in [9.17, 15) is 14.4 Å². The van der Waals surface area contributed by atoms with Gasteiger partial charge in [-0.15, -0.1) is 0 Å². The highest BCUT2D eigenvalue weighted by molar-refractivity contribution is 5.84. The van der Waals surface area contributed by atoms with Gasteiger partial charge in [0.2, 0.25) is 0 Å². The fourth-order valence-corrected chi connectivity index (χ4v) is 3.83. The van der Waals surface area contributed by atoms with Gasteiger partial charge in [-0.2, -0.15) is 0 Å². The summed E-state index contributed by atoms with van der Waals surface area (Å²) >= 11 is 0. The number of ketones is 1. The first-order valence-corrected chi connectivity index (χ1v) is 10.9. The molecule has 0 radical (unpaired) electrons. The number of Topliss-reactive ketones (excluding diaryl/α,β-unsaturated/α-hetero) is 1. The monoisotopic (exact) mass is 422 g/mol. The van der Waals surface area contributed by atoms with Crippen molar-refractivity contribution < 1.29 is 28.6 Å². The minimum Gasteiger partial charge on any atom is -0.462 e. The van der Waals surface area contributed by atoms with Gasteiger partial charge >= 0.3 is 11.9 Å². The Morgan fingerprint density at radius 2 is 1.93 bits per heavy atom. The maximum absolute atomic E-state index is 12.5. The van der Waals surface area contributed by atoms with Crippen molar-refractivity contribution in [1.29, 1.82) is 0 Å². The Morgan fingerprint density at radius 3 is 2.53 bits per heavy atom. The van der Waals surface area contributed by atoms with Crippen molar-refractivity contribution in [2.45, 2.75) is 85.4 Å². The van der Waals surface area contributed by atoms with Crippen molar-refractivity contribution in [3.63, 3.8) is 0 Å². The highest BCUT2D eigenvalue weighted by Gasteiger charge is 2.39. The number of esters is 2. The third kappa shape index (κ3) is 8.82. The minimum absolute atomic E-state index is 0.0306. The van der Waals surface area contributed by atoms with Crippen LogP contribution in [0.4, 0.5) is 0 Å². The molecule has 1 saturated heterocycles. The van der Waals surface area contributed by atoms with Gasteiger partial charge in [0.05, 0.1) is 6.61 Å². The van der Waals surface area contributed by atoms with E-state index < -0.39 is 5.60 Å². The molecule has 170 valence electrons. The second-order valence-electron chi connectivity index (χ2n) is 8.41. The molecule has 1 heterocycles. The molecular formula is C24H38O6. The van der Waals surface area contributed by atoms with E-state index in [-0.39, 0.29) is 42.3 Å². The lowest BCUT2D eigenvalue weighted by atomic mass is 9.86. The van der Waals surface area contributed by atoms with E-state index in [1.807, 2.05) is 45.9 Å². The average Bonchev–Trinajstić information content (AvgIpc) is 2.81. The number of allylic oxidation sites excluding steroid dienone is 2. The van der Waals surface area contributed by atoms with E-state index in [1.54, 1.807) is 0 Å². The van der Waals surface area contributed by atoms with E-state index in [2.05, 4.69) is 0 Å². The van der Waals surface area contributed by atoms with Gasteiger partial charge in [-0.1, -0.05) is 26.0 Å². The first-order chi connectivity index (χ1) is 14.1. The van der Waals surface area contributed by atoms with Gasteiger partial charge in [-0.3, -0.25) is 14.4 Å². The summed E-state index contributed by atoms with van der Waals surface area (Å²) < 4.78 is 16.8. The molecule has 4 atom stereocenters. The maximum Gasteiger partial charge on any atom is 0.303 e. The predicted octanol–water partition coefficient (Wildman–Crippen LogP) is 4.56. The van der Waals surface area contributed by atoms with E-state index >= 15 is 0 Å². The summed E-state index contributed by atoms with van der Waals surface area (Å²) in [5, 5.41) is 0. The van der Waals surface area contributed by atoms with Gasteiger partial charge in [-0.25, -0.2) is 0 Å². The molecule has 0 aromatic carbocycles. The molecule has 0 spiro atoms. The maximum atomic E-state index is 12.5. The zero-order chi connectivity index (χ0) is 22.7. The van der Waals surface area contributed by atoms with Crippen LogP contribution in [-0.4, -0.2) is 42.6 Å². The van der Waals surface area contributed by atoms with Crippen molar-refractivity contribution in [3.8, 4) is 0 Å². The molecule has 1 aliphatic rings. The number of hydrogen-bond donors (Lipinski definition) is 0. The summed E-state index contributed by atoms with van der Waals surface area (Å²) in [6, 6.07) is 0. The van der Waals surface area contributed by atoms with Crippen molar-refractivity contribution in [2.24, 2.45) is 11.8 Å². The van der Waals surface area contributed by atoms with Crippen LogP contribution >= 0.6 is 0 Å². The Hall–Kier alpha value is -1.95. The molecule has 1 rings (SSSR count). The molecule has 1 fully saturated rings. The highest BCUT2D eigenvalue weighted by Crippen LogP contribution is 2.34. The fraction of sp³-hybridized carbons (Fsp3) is 0.708. The third-order valence-corrected chi connectivity index (χ3v) is 5.69. The number of carbonyl (C=O) groups excluding carboxylic acids is 3. The molecule has 2 unspecified atom stereocenters. The summed E-state index contributed by atoms with van der Waals surface area (Å²) in [5.74, 6) is -0.514. The Bertz CT molecular complexity index is 650. The van der Waals surface area contributed by atoms with Crippen molar-refractivity contribution in [3.05, 3.63) is 23.8 Å². The zero-order valence-corrected chi connectivity index (χ0v) is 19.4. The van der Waals surface area contributed by atoms with Crippen LogP contribution in [-0.2, 0) is 28.6 Å². The van der Waals surface area contributed by atoms with E-state index in [1.165, 1.54) is 13.8 Å². The molecule has 0 aromatic heterocycles. The summed E-state index contributed by atoms with van der Waals surface area (Å²) in [7, 11) is 0. The summed E-state index contributed by atoms with van der Waals surface area (Å²) in [5.41, 5.74) is 0.404. The molecule has 30 heavy (non-hydrogen) atoms. The fourth-order valence-electron chi connectivity index (χ4n) is 3.83. The third-order valence-electron chi connectivity index (χ3n) is 5.69. The van der Waals surface area contributed by atoms with E-state index in [4.69, 9.17) is 14.2 Å². The Labute approximate surface area is 181 Å². The van der Waals surface area contributed by atoms with Gasteiger partial charge in [0.15, 0.2) is 0 Å². The van der Waals surface area contributed by atoms with E-state index in [0.29, 0.717) is 25.9 Å². The van der Waals surface area contributed by atoms with Gasteiger partial charge in [0, 0.05) is 25.7 Å². The first kappa shape index (κ1) is 26.1. The van der Waals surface area contributed by atoms with Gasteiger partial charge in [0.1, 0.15) is 24.1 Å². The van der Waals surface area contributed by atoms with Crippen molar-refractivity contribution >= 4 is 17.7 Å². The van der Waals surface area contributed by atoms with Crippen LogP contribution in [0.1, 0.15) is 73.6 Å². The number of rotatable bonds is 10. The summed E-state index contributed by atoms with van der Waals surface area (Å²) in [4.78, 5) is 35.1. The van der Waals surface area contributed by atoms with Gasteiger partial charge in [0.25, 0.3) is 0 Å². The van der Waals surface area contributed by atoms with Crippen LogP contribution in [0.3, 0.4) is 0 Å². The number of hydrogen-bond acceptors (Lipinski definition) is 6. The molecule has 1 aliphatic heterocycles. The smallest absolute Gasteiger partial charge is 0.303 e. The summed E-state index contributed by atoms with van der Waals surface area (Å²) in [6.45, 7) is 11.2. The van der Waals surface area contributed by atoms with Crippen LogP contribution in [0.15, 0.2) is 23.8 Å². The quantitative estimate of drug-likeness (QED) is 0.379. The minimum atomic E-state index is -0.625. The largest absolute Gasteiger partial charge is 0.462 e. The lowest BCUT2D eigenvalue weighted by molar-refractivity contribution is -0.167. The predicted molar refractivity (Wildman–Crippen MR) is 116 cm³/mol. The van der Waals surface area contributed by atoms with Crippen molar-refractivity contribution in [2.75, 3.05) is 13.2 Å².